The van der Waals surface area contributed by atoms with Crippen molar-refractivity contribution < 1.29 is 14.3 Å². The van der Waals surface area contributed by atoms with Crippen LogP contribution in [-0.4, -0.2) is 25.1 Å². The van der Waals surface area contributed by atoms with Gasteiger partial charge in [0.05, 0.1) is 19.2 Å². The summed E-state index contributed by atoms with van der Waals surface area (Å²) in [7, 11) is 1.58. The third kappa shape index (κ3) is 4.08. The highest BCUT2D eigenvalue weighted by atomic mass is 16.5. The Kier molecular flexibility index (Phi) is 5.13. The van der Waals surface area contributed by atoms with E-state index in [1.165, 1.54) is 6.21 Å². The Morgan fingerprint density at radius 2 is 2.32 bits per heavy atom. The lowest BCUT2D eigenvalue weighted by Crippen LogP contribution is -2.26. The Bertz CT molecular complexity index is 597. The van der Waals surface area contributed by atoms with Crippen LogP contribution in [0.4, 0.5) is 0 Å². The van der Waals surface area contributed by atoms with Crippen LogP contribution >= 0.6 is 0 Å². The maximum absolute atomic E-state index is 11.7. The summed E-state index contributed by atoms with van der Waals surface area (Å²) in [6, 6.07) is 7.30. The highest BCUT2D eigenvalue weighted by Crippen LogP contribution is 2.17. The summed E-state index contributed by atoms with van der Waals surface area (Å²) in [6.45, 7) is 3.71. The molecule has 0 aromatic heterocycles. The number of carbonyl (C=O) groups is 2. The molecule has 7 heteroatoms. The number of ether oxygens (including phenoxy) is 1. The Morgan fingerprint density at radius 1 is 1.50 bits per heavy atom. The fourth-order valence-electron chi connectivity index (χ4n) is 2.01. The molecule has 1 heterocycles. The van der Waals surface area contributed by atoms with Crippen molar-refractivity contribution in [3.8, 4) is 5.75 Å². The van der Waals surface area contributed by atoms with E-state index in [2.05, 4.69) is 28.0 Å². The SMILES string of the molecule is C=C1NNC(=O)C1CCC(=O)NN=Cc1cccc(OC)c1. The van der Waals surface area contributed by atoms with Gasteiger partial charge in [-0.05, 0) is 24.1 Å². The van der Waals surface area contributed by atoms with Gasteiger partial charge in [0, 0.05) is 12.1 Å². The predicted molar refractivity (Wildman–Crippen MR) is 81.9 cm³/mol. The van der Waals surface area contributed by atoms with Crippen molar-refractivity contribution in [2.75, 3.05) is 7.11 Å². The largest absolute Gasteiger partial charge is 0.497 e. The smallest absolute Gasteiger partial charge is 0.247 e. The van der Waals surface area contributed by atoms with Crippen molar-refractivity contribution in [1.29, 1.82) is 0 Å². The fourth-order valence-corrected chi connectivity index (χ4v) is 2.01. The zero-order chi connectivity index (χ0) is 15.9. The number of hydrazine groups is 1. The lowest BCUT2D eigenvalue weighted by molar-refractivity contribution is -0.123. The van der Waals surface area contributed by atoms with E-state index < -0.39 is 0 Å². The van der Waals surface area contributed by atoms with Crippen LogP contribution in [0.2, 0.25) is 0 Å². The fraction of sp³-hybridized carbons (Fsp3) is 0.267. The number of amides is 2. The van der Waals surface area contributed by atoms with E-state index >= 15 is 0 Å². The average Bonchev–Trinajstić information content (AvgIpc) is 2.84. The molecule has 1 fully saturated rings. The molecule has 1 aliphatic heterocycles. The van der Waals surface area contributed by atoms with Crippen LogP contribution in [0.1, 0.15) is 18.4 Å². The third-order valence-electron chi connectivity index (χ3n) is 3.24. The average molecular weight is 302 g/mol. The highest BCUT2D eigenvalue weighted by Gasteiger charge is 2.27. The van der Waals surface area contributed by atoms with Crippen LogP contribution in [0, 0.1) is 5.92 Å². The quantitative estimate of drug-likeness (QED) is 0.532. The van der Waals surface area contributed by atoms with Gasteiger partial charge >= 0.3 is 0 Å². The van der Waals surface area contributed by atoms with Crippen molar-refractivity contribution in [3.63, 3.8) is 0 Å². The summed E-state index contributed by atoms with van der Waals surface area (Å²) >= 11 is 0. The first-order valence-electron chi connectivity index (χ1n) is 6.81. The minimum Gasteiger partial charge on any atom is -0.497 e. The molecule has 1 aromatic rings. The van der Waals surface area contributed by atoms with Crippen molar-refractivity contribution in [1.82, 2.24) is 16.3 Å². The van der Waals surface area contributed by atoms with Gasteiger partial charge in [-0.25, -0.2) is 5.43 Å². The third-order valence-corrected chi connectivity index (χ3v) is 3.24. The van der Waals surface area contributed by atoms with Gasteiger partial charge in [0.25, 0.3) is 0 Å². The topological polar surface area (TPSA) is 91.8 Å². The monoisotopic (exact) mass is 302 g/mol. The first-order valence-corrected chi connectivity index (χ1v) is 6.81. The lowest BCUT2D eigenvalue weighted by atomic mass is 10.0. The Labute approximate surface area is 128 Å². The molecule has 116 valence electrons. The second kappa shape index (κ2) is 7.26. The zero-order valence-corrected chi connectivity index (χ0v) is 12.3. The van der Waals surface area contributed by atoms with Gasteiger partial charge in [-0.2, -0.15) is 5.10 Å². The number of carbonyl (C=O) groups excluding carboxylic acids is 2. The van der Waals surface area contributed by atoms with Crippen LogP contribution in [0.3, 0.4) is 0 Å². The lowest BCUT2D eigenvalue weighted by Gasteiger charge is -2.05. The van der Waals surface area contributed by atoms with Crippen LogP contribution in [-0.2, 0) is 9.59 Å². The van der Waals surface area contributed by atoms with Crippen molar-refractivity contribution >= 4 is 18.0 Å². The van der Waals surface area contributed by atoms with Gasteiger partial charge in [-0.3, -0.25) is 15.0 Å². The van der Waals surface area contributed by atoms with Crippen LogP contribution in [0.25, 0.3) is 0 Å². The number of hydrazone groups is 1. The molecule has 1 atom stereocenters. The number of nitrogens with zero attached hydrogens (tertiary/aromatic N) is 1. The number of methoxy groups -OCH3 is 1. The van der Waals surface area contributed by atoms with Crippen molar-refractivity contribution in [3.05, 3.63) is 42.1 Å². The summed E-state index contributed by atoms with van der Waals surface area (Å²) < 4.78 is 5.10. The first-order chi connectivity index (χ1) is 10.6. The molecule has 2 rings (SSSR count). The summed E-state index contributed by atoms with van der Waals surface area (Å²) in [5.74, 6) is -0.0917. The van der Waals surface area contributed by atoms with Crippen LogP contribution in [0.5, 0.6) is 5.75 Å². The van der Waals surface area contributed by atoms with Gasteiger partial charge < -0.3 is 10.2 Å². The normalized spacial score (nSPS) is 17.2. The first kappa shape index (κ1) is 15.6. The minimum atomic E-state index is -0.381. The van der Waals surface area contributed by atoms with Gasteiger partial charge in [0.1, 0.15) is 5.75 Å². The van der Waals surface area contributed by atoms with Crippen LogP contribution < -0.4 is 21.0 Å². The van der Waals surface area contributed by atoms with Crippen molar-refractivity contribution in [2.24, 2.45) is 11.0 Å². The molecule has 0 radical (unpaired) electrons. The van der Waals surface area contributed by atoms with E-state index in [1.807, 2.05) is 18.2 Å². The molecule has 3 N–H and O–H groups in total. The Hall–Kier alpha value is -2.83. The number of benzene rings is 1. The van der Waals surface area contributed by atoms with E-state index in [4.69, 9.17) is 4.74 Å². The molecular formula is C15H18N4O3. The van der Waals surface area contributed by atoms with Gasteiger partial charge in [-0.1, -0.05) is 18.7 Å². The Morgan fingerprint density at radius 3 is 3.00 bits per heavy atom. The zero-order valence-electron chi connectivity index (χ0n) is 12.3. The second-order valence-electron chi connectivity index (χ2n) is 4.80. The summed E-state index contributed by atoms with van der Waals surface area (Å²) in [5.41, 5.74) is 8.93. The highest BCUT2D eigenvalue weighted by molar-refractivity contribution is 5.85. The van der Waals surface area contributed by atoms with E-state index in [1.54, 1.807) is 13.2 Å². The molecule has 0 bridgehead atoms. The molecule has 22 heavy (non-hydrogen) atoms. The minimum absolute atomic E-state index is 0.169. The molecule has 0 aliphatic carbocycles. The molecule has 2 amide bonds. The standard InChI is InChI=1S/C15H18N4O3/c1-10-13(15(21)19-17-10)6-7-14(20)18-16-9-11-4-3-5-12(8-11)22-2/h3-5,8-9,13,17H,1,6-7H2,2H3,(H,18,20)(H,19,21). The van der Waals surface area contributed by atoms with Crippen LogP contribution in [0.15, 0.2) is 41.6 Å². The van der Waals surface area contributed by atoms with E-state index in [-0.39, 0.29) is 24.2 Å². The van der Waals surface area contributed by atoms with E-state index in [9.17, 15) is 9.59 Å². The van der Waals surface area contributed by atoms with E-state index in [0.29, 0.717) is 17.9 Å². The number of nitrogens with one attached hydrogen (secondary N) is 3. The molecule has 7 nitrogen and oxygen atoms in total. The number of hydrogen-bond donors (Lipinski definition) is 3. The molecule has 0 spiro atoms. The maximum atomic E-state index is 11.7. The molecule has 1 aliphatic rings. The van der Waals surface area contributed by atoms with Gasteiger partial charge in [-0.15, -0.1) is 0 Å². The molecule has 1 aromatic carbocycles. The number of hydrogen-bond acceptors (Lipinski definition) is 5. The molecule has 0 saturated carbocycles. The maximum Gasteiger partial charge on any atom is 0.247 e. The van der Waals surface area contributed by atoms with Gasteiger partial charge in [0.2, 0.25) is 11.8 Å². The van der Waals surface area contributed by atoms with E-state index in [0.717, 1.165) is 5.56 Å². The summed E-state index contributed by atoms with van der Waals surface area (Å²) in [6.07, 6.45) is 2.11. The molecule has 1 saturated heterocycles. The Balaban J connectivity index is 1.78. The predicted octanol–water partition coefficient (Wildman–Crippen LogP) is 0.690. The number of rotatable bonds is 6. The molecular weight excluding hydrogens is 284 g/mol. The summed E-state index contributed by atoms with van der Waals surface area (Å²) in [5, 5.41) is 3.88. The summed E-state index contributed by atoms with van der Waals surface area (Å²) in [4.78, 5) is 23.1. The molecule has 1 unspecified atom stereocenters. The van der Waals surface area contributed by atoms with Crippen molar-refractivity contribution in [2.45, 2.75) is 12.8 Å². The second-order valence-corrected chi connectivity index (χ2v) is 4.80. The van der Waals surface area contributed by atoms with Gasteiger partial charge in [0.15, 0.2) is 0 Å².